The molecule has 18 heavy (non-hydrogen) atoms. The quantitative estimate of drug-likeness (QED) is 0.508. The van der Waals surface area contributed by atoms with Gasteiger partial charge in [0.1, 0.15) is 0 Å². The summed E-state index contributed by atoms with van der Waals surface area (Å²) in [5.74, 6) is -3.26. The number of carboxylic acids is 2. The summed E-state index contributed by atoms with van der Waals surface area (Å²) in [5, 5.41) is 17.6. The lowest BCUT2D eigenvalue weighted by molar-refractivity contribution is 0.0695. The van der Waals surface area contributed by atoms with Crippen LogP contribution >= 0.6 is 21.2 Å². The Hall–Kier alpha value is -1.40. The summed E-state index contributed by atoms with van der Waals surface area (Å²) in [6.07, 6.45) is 0. The highest BCUT2D eigenvalue weighted by molar-refractivity contribution is 14.1. The molecule has 0 bridgehead atoms. The molecule has 0 aliphatic heterocycles. The Bertz CT molecular complexity index is 612. The Morgan fingerprint density at radius 3 is 1.67 bits per heavy atom. The van der Waals surface area contributed by atoms with E-state index in [1.807, 2.05) is 0 Å². The van der Waals surface area contributed by atoms with Crippen molar-refractivity contribution in [3.8, 4) is 0 Å². The maximum atomic E-state index is 10.9. The molecule has 0 aliphatic rings. The fourth-order valence-electron chi connectivity index (χ4n) is 1.14. The average Bonchev–Trinajstić information content (AvgIpc) is 2.25. The number of hydrogen-bond acceptors (Lipinski definition) is 5. The number of carboxylic acid groups (broad SMARTS) is 2. The first kappa shape index (κ1) is 14.7. The average molecular weight is 388 g/mol. The Balaban J connectivity index is 3.81. The number of hydrogen-bond donors (Lipinski definition) is 3. The second-order valence-electron chi connectivity index (χ2n) is 2.99. The molecule has 0 saturated heterocycles. The highest BCUT2D eigenvalue weighted by Crippen LogP contribution is 2.25. The van der Waals surface area contributed by atoms with Gasteiger partial charge in [0.15, 0.2) is 21.2 Å². The lowest BCUT2D eigenvalue weighted by atomic mass is 10.1. The van der Waals surface area contributed by atoms with Crippen LogP contribution in [0.2, 0.25) is 0 Å². The Labute approximate surface area is 111 Å². The van der Waals surface area contributed by atoms with Crippen molar-refractivity contribution in [3.05, 3.63) is 26.8 Å². The van der Waals surface area contributed by atoms with Crippen molar-refractivity contribution >= 4 is 43.2 Å². The summed E-state index contributed by atoms with van der Waals surface area (Å²) in [7, 11) is -4.76. The summed E-state index contributed by atoms with van der Waals surface area (Å²) in [4.78, 5) is 20.8. The van der Waals surface area contributed by atoms with Gasteiger partial charge in [-0.1, -0.05) is 0 Å². The second-order valence-corrected chi connectivity index (χ2v) is 5.94. The second kappa shape index (κ2) is 5.07. The van der Waals surface area contributed by atoms with E-state index in [0.717, 1.165) is 0 Å². The van der Waals surface area contributed by atoms with Gasteiger partial charge in [-0.15, -0.1) is 0 Å². The number of carbonyl (C=O) groups is 2. The van der Waals surface area contributed by atoms with Crippen molar-refractivity contribution in [2.75, 3.05) is 0 Å². The number of aromatic carboxylic acids is 2. The number of benzene rings is 1. The molecule has 0 unspecified atom stereocenters. The van der Waals surface area contributed by atoms with Gasteiger partial charge in [-0.25, -0.2) is 9.59 Å². The van der Waals surface area contributed by atoms with E-state index in [1.54, 1.807) is 0 Å². The van der Waals surface area contributed by atoms with Crippen LogP contribution < -0.4 is 0 Å². The maximum absolute atomic E-state index is 10.9. The molecule has 1 rings (SSSR count). The molecule has 98 valence electrons. The van der Waals surface area contributed by atoms with Gasteiger partial charge in [0, 0.05) is 0 Å². The van der Waals surface area contributed by atoms with E-state index in [4.69, 9.17) is 14.8 Å². The summed E-state index contributed by atoms with van der Waals surface area (Å²) >= 11 is -2.14. The largest absolute Gasteiger partial charge is 0.478 e. The predicted octanol–water partition coefficient (Wildman–Crippen LogP) is 0.816. The van der Waals surface area contributed by atoms with E-state index >= 15 is 0 Å². The number of rotatable bonds is 4. The zero-order valence-electron chi connectivity index (χ0n) is 8.32. The van der Waals surface area contributed by atoms with Gasteiger partial charge in [-0.05, 0) is 12.1 Å². The molecule has 0 aliphatic carbocycles. The van der Waals surface area contributed by atoms with Crippen LogP contribution in [0.15, 0.2) is 17.0 Å². The van der Waals surface area contributed by atoms with Crippen LogP contribution in [0.5, 0.6) is 0 Å². The van der Waals surface area contributed by atoms with Gasteiger partial charge in [0.2, 0.25) is 0 Å². The smallest absolute Gasteiger partial charge is 0.336 e. The molecule has 0 amide bonds. The van der Waals surface area contributed by atoms with E-state index in [9.17, 15) is 21.1 Å². The lowest BCUT2D eigenvalue weighted by Gasteiger charge is -2.05. The lowest BCUT2D eigenvalue weighted by Crippen LogP contribution is -2.11. The molecule has 1 aromatic rings. The standard InChI is InChI=1S/C8H5IO8S/c10-7(11)4-1-3(18(15,16)17)2-5(8(12)13)6(4)9-14/h1-2H,(H,10,11)(H,12,13)(H,15,16,17). The van der Waals surface area contributed by atoms with Crippen molar-refractivity contribution in [2.24, 2.45) is 0 Å². The first-order chi connectivity index (χ1) is 8.18. The summed E-state index contributed by atoms with van der Waals surface area (Å²) in [6.45, 7) is 0. The van der Waals surface area contributed by atoms with Crippen LogP contribution in [0.3, 0.4) is 0 Å². The third kappa shape index (κ3) is 2.88. The van der Waals surface area contributed by atoms with E-state index in [1.165, 1.54) is 0 Å². The van der Waals surface area contributed by atoms with Gasteiger partial charge in [0.05, 0.1) is 19.6 Å². The molecule has 0 fully saturated rings. The predicted molar refractivity (Wildman–Crippen MR) is 63.6 cm³/mol. The third-order valence-corrected chi connectivity index (χ3v) is 4.32. The Morgan fingerprint density at radius 2 is 1.44 bits per heavy atom. The molecule has 10 heteroatoms. The van der Waals surface area contributed by atoms with Gasteiger partial charge in [-0.3, -0.25) is 7.62 Å². The minimum absolute atomic E-state index is 0.443. The zero-order chi connectivity index (χ0) is 14.1. The summed E-state index contributed by atoms with van der Waals surface area (Å²) < 4.78 is 41.0. The minimum Gasteiger partial charge on any atom is -0.478 e. The molecular weight excluding hydrogens is 383 g/mol. The van der Waals surface area contributed by atoms with Crippen molar-refractivity contribution in [1.82, 2.24) is 0 Å². The highest BCUT2D eigenvalue weighted by atomic mass is 127. The third-order valence-electron chi connectivity index (χ3n) is 1.88. The SMILES string of the molecule is O=Ic1c(C(=O)O)cc(S(=O)(=O)O)cc1C(=O)O. The molecule has 0 radical (unpaired) electrons. The zero-order valence-corrected chi connectivity index (χ0v) is 11.3. The fraction of sp³-hybridized carbons (Fsp3) is 0. The van der Waals surface area contributed by atoms with Crippen molar-refractivity contribution in [2.45, 2.75) is 4.90 Å². The molecule has 0 heterocycles. The first-order valence-electron chi connectivity index (χ1n) is 4.07. The highest BCUT2D eigenvalue weighted by Gasteiger charge is 2.24. The van der Waals surface area contributed by atoms with Crippen LogP contribution in [0.4, 0.5) is 0 Å². The molecule has 0 aromatic heterocycles. The minimum atomic E-state index is -4.76. The van der Waals surface area contributed by atoms with Gasteiger partial charge < -0.3 is 10.2 Å². The van der Waals surface area contributed by atoms with Gasteiger partial charge in [-0.2, -0.15) is 8.42 Å². The maximum Gasteiger partial charge on any atom is 0.336 e. The Morgan fingerprint density at radius 1 is 1.06 bits per heavy atom. The van der Waals surface area contributed by atoms with Crippen molar-refractivity contribution in [1.29, 1.82) is 0 Å². The van der Waals surface area contributed by atoms with E-state index < -0.39 is 62.8 Å². The topological polar surface area (TPSA) is 146 Å². The van der Waals surface area contributed by atoms with E-state index in [-0.39, 0.29) is 0 Å². The molecule has 3 N–H and O–H groups in total. The van der Waals surface area contributed by atoms with Crippen LogP contribution in [0, 0.1) is 3.57 Å². The molecule has 8 nitrogen and oxygen atoms in total. The fourth-order valence-corrected chi connectivity index (χ4v) is 2.92. The van der Waals surface area contributed by atoms with Crippen molar-refractivity contribution < 1.29 is 35.8 Å². The monoisotopic (exact) mass is 388 g/mol. The summed E-state index contributed by atoms with van der Waals surface area (Å²) in [5.41, 5.74) is -1.43. The molecule has 0 atom stereocenters. The van der Waals surface area contributed by atoms with Crippen LogP contribution in [-0.2, 0) is 13.2 Å². The van der Waals surface area contributed by atoms with Crippen LogP contribution in [0.1, 0.15) is 20.7 Å². The first-order valence-corrected chi connectivity index (χ1v) is 7.47. The van der Waals surface area contributed by atoms with Gasteiger partial charge >= 0.3 is 11.9 Å². The van der Waals surface area contributed by atoms with Crippen LogP contribution in [0.25, 0.3) is 0 Å². The van der Waals surface area contributed by atoms with Gasteiger partial charge in [0.25, 0.3) is 10.1 Å². The molecule has 0 spiro atoms. The Kier molecular flexibility index (Phi) is 4.13. The summed E-state index contributed by atoms with van der Waals surface area (Å²) in [6, 6.07) is 1.13. The molecular formula is C8H5IO8S. The van der Waals surface area contributed by atoms with Crippen LogP contribution in [-0.4, -0.2) is 35.1 Å². The van der Waals surface area contributed by atoms with E-state index in [2.05, 4.69) is 0 Å². The molecule has 0 saturated carbocycles. The normalized spacial score (nSPS) is 11.2. The van der Waals surface area contributed by atoms with Crippen molar-refractivity contribution in [3.63, 3.8) is 0 Å². The molecule has 1 aromatic carbocycles. The number of halogens is 1. The van der Waals surface area contributed by atoms with E-state index in [0.29, 0.717) is 12.1 Å².